The van der Waals surface area contributed by atoms with Crippen molar-refractivity contribution in [1.82, 2.24) is 0 Å². The first kappa shape index (κ1) is 15.6. The van der Waals surface area contributed by atoms with Gasteiger partial charge in [0.05, 0.1) is 21.2 Å². The smallest absolute Gasteiger partial charge is 0.335 e. The highest BCUT2D eigenvalue weighted by Crippen LogP contribution is 2.27. The second-order valence-electron chi connectivity index (χ2n) is 4.06. The van der Waals surface area contributed by atoms with E-state index < -0.39 is 16.0 Å². The third-order valence-corrected chi connectivity index (χ3v) is 4.48. The molecule has 0 fully saturated rings. The molecule has 0 radical (unpaired) electrons. The van der Waals surface area contributed by atoms with Gasteiger partial charge in [-0.2, -0.15) is 0 Å². The summed E-state index contributed by atoms with van der Waals surface area (Å²) in [5.74, 6) is -1.21. The fraction of sp³-hybridized carbons (Fsp3) is 0. The second kappa shape index (κ2) is 5.93. The summed E-state index contributed by atoms with van der Waals surface area (Å²) >= 11 is 11.6. The van der Waals surface area contributed by atoms with E-state index in [1.54, 1.807) is 0 Å². The molecule has 0 saturated carbocycles. The molecule has 0 spiro atoms. The molecular weight excluding hydrogens is 337 g/mol. The van der Waals surface area contributed by atoms with E-state index in [9.17, 15) is 13.2 Å². The number of carbonyl (C=O) groups is 1. The monoisotopic (exact) mass is 345 g/mol. The van der Waals surface area contributed by atoms with Gasteiger partial charge >= 0.3 is 5.97 Å². The summed E-state index contributed by atoms with van der Waals surface area (Å²) in [4.78, 5) is 10.7. The van der Waals surface area contributed by atoms with Gasteiger partial charge in [-0.15, -0.1) is 0 Å². The van der Waals surface area contributed by atoms with Crippen LogP contribution in [0.1, 0.15) is 10.4 Å². The average Bonchev–Trinajstić information content (AvgIpc) is 2.42. The third kappa shape index (κ3) is 3.66. The number of carboxylic acid groups (broad SMARTS) is 1. The van der Waals surface area contributed by atoms with Gasteiger partial charge in [0.15, 0.2) is 0 Å². The van der Waals surface area contributed by atoms with Gasteiger partial charge in [-0.25, -0.2) is 13.2 Å². The van der Waals surface area contributed by atoms with Crippen LogP contribution >= 0.6 is 23.2 Å². The van der Waals surface area contributed by atoms with Crippen LogP contribution in [0.4, 0.5) is 5.69 Å². The van der Waals surface area contributed by atoms with Crippen molar-refractivity contribution in [2.75, 3.05) is 4.72 Å². The van der Waals surface area contributed by atoms with Crippen LogP contribution in [0, 0.1) is 0 Å². The van der Waals surface area contributed by atoms with Gasteiger partial charge in [0, 0.05) is 5.02 Å². The third-order valence-electron chi connectivity index (χ3n) is 2.57. The first-order chi connectivity index (χ1) is 9.79. The molecule has 0 unspecified atom stereocenters. The summed E-state index contributed by atoms with van der Waals surface area (Å²) < 4.78 is 26.7. The van der Waals surface area contributed by atoms with Gasteiger partial charge in [-0.05, 0) is 36.4 Å². The van der Waals surface area contributed by atoms with Crippen molar-refractivity contribution in [2.45, 2.75) is 4.90 Å². The van der Waals surface area contributed by atoms with Crippen molar-refractivity contribution < 1.29 is 18.3 Å². The fourth-order valence-electron chi connectivity index (χ4n) is 1.57. The zero-order chi connectivity index (χ0) is 15.6. The molecule has 0 aromatic heterocycles. The largest absolute Gasteiger partial charge is 0.478 e. The maximum atomic E-state index is 12.2. The van der Waals surface area contributed by atoms with E-state index >= 15 is 0 Å². The molecule has 0 bridgehead atoms. The minimum atomic E-state index is -3.95. The number of hydrogen-bond donors (Lipinski definition) is 2. The SMILES string of the molecule is O=C(O)c1cccc(S(=O)(=O)Nc2ccc(Cl)cc2Cl)c1. The molecule has 0 aliphatic carbocycles. The Labute approximate surface area is 131 Å². The number of benzene rings is 2. The molecule has 5 nitrogen and oxygen atoms in total. The quantitative estimate of drug-likeness (QED) is 0.888. The Morgan fingerprint density at radius 1 is 1.10 bits per heavy atom. The van der Waals surface area contributed by atoms with Crippen molar-refractivity contribution in [1.29, 1.82) is 0 Å². The molecule has 0 aliphatic heterocycles. The molecule has 110 valence electrons. The molecule has 0 amide bonds. The molecular formula is C13H9Cl2NO4S. The molecule has 2 rings (SSSR count). The van der Waals surface area contributed by atoms with E-state index in [1.165, 1.54) is 36.4 Å². The van der Waals surface area contributed by atoms with Gasteiger partial charge < -0.3 is 5.11 Å². The Balaban J connectivity index is 2.38. The molecule has 0 atom stereocenters. The van der Waals surface area contributed by atoms with Crippen molar-refractivity contribution in [2.24, 2.45) is 0 Å². The van der Waals surface area contributed by atoms with Crippen molar-refractivity contribution in [3.63, 3.8) is 0 Å². The van der Waals surface area contributed by atoms with E-state index in [2.05, 4.69) is 4.72 Å². The van der Waals surface area contributed by atoms with Crippen LogP contribution in [0.5, 0.6) is 0 Å². The number of sulfonamides is 1. The van der Waals surface area contributed by atoms with Crippen LogP contribution in [0.15, 0.2) is 47.4 Å². The lowest BCUT2D eigenvalue weighted by molar-refractivity contribution is 0.0696. The molecule has 0 heterocycles. The number of anilines is 1. The Hall–Kier alpha value is -1.76. The van der Waals surface area contributed by atoms with Gasteiger partial charge in [0.1, 0.15) is 0 Å². The fourth-order valence-corrected chi connectivity index (χ4v) is 3.21. The Morgan fingerprint density at radius 2 is 1.81 bits per heavy atom. The van der Waals surface area contributed by atoms with Crippen LogP contribution in [-0.4, -0.2) is 19.5 Å². The lowest BCUT2D eigenvalue weighted by Gasteiger charge is -2.10. The lowest BCUT2D eigenvalue weighted by atomic mass is 10.2. The van der Waals surface area contributed by atoms with E-state index in [4.69, 9.17) is 28.3 Å². The molecule has 8 heteroatoms. The highest BCUT2D eigenvalue weighted by Gasteiger charge is 2.17. The summed E-state index contributed by atoms with van der Waals surface area (Å²) in [6.45, 7) is 0. The van der Waals surface area contributed by atoms with Crippen LogP contribution < -0.4 is 4.72 Å². The van der Waals surface area contributed by atoms with E-state index in [0.29, 0.717) is 5.02 Å². The average molecular weight is 346 g/mol. The van der Waals surface area contributed by atoms with Crippen LogP contribution in [0.3, 0.4) is 0 Å². The predicted molar refractivity (Wildman–Crippen MR) is 80.7 cm³/mol. The summed E-state index contributed by atoms with van der Waals surface area (Å²) in [7, 11) is -3.95. The highest BCUT2D eigenvalue weighted by molar-refractivity contribution is 7.92. The standard InChI is InChI=1S/C13H9Cl2NO4S/c14-9-4-5-12(11(15)7-9)16-21(19,20)10-3-1-2-8(6-10)13(17)18/h1-7,16H,(H,17,18). The second-order valence-corrected chi connectivity index (χ2v) is 6.59. The molecule has 2 aromatic rings. The van der Waals surface area contributed by atoms with Gasteiger partial charge in [0.25, 0.3) is 10.0 Å². The Kier molecular flexibility index (Phi) is 4.41. The van der Waals surface area contributed by atoms with E-state index in [1.807, 2.05) is 0 Å². The first-order valence-electron chi connectivity index (χ1n) is 5.61. The summed E-state index contributed by atoms with van der Waals surface area (Å²) in [5.41, 5.74) is 0.0295. The number of halogens is 2. The van der Waals surface area contributed by atoms with Crippen LogP contribution in [-0.2, 0) is 10.0 Å². The molecule has 0 saturated heterocycles. The number of carboxylic acids is 1. The van der Waals surface area contributed by atoms with Crippen LogP contribution in [0.2, 0.25) is 10.0 Å². The summed E-state index contributed by atoms with van der Waals surface area (Å²) in [6.07, 6.45) is 0. The lowest BCUT2D eigenvalue weighted by Crippen LogP contribution is -2.14. The number of rotatable bonds is 4. The van der Waals surface area contributed by atoms with Gasteiger partial charge in [-0.1, -0.05) is 29.3 Å². The summed E-state index contributed by atoms with van der Waals surface area (Å²) in [5, 5.41) is 9.40. The van der Waals surface area contributed by atoms with Gasteiger partial charge in [0.2, 0.25) is 0 Å². The molecule has 2 aromatic carbocycles. The predicted octanol–water partition coefficient (Wildman–Crippen LogP) is 3.49. The van der Waals surface area contributed by atoms with E-state index in [-0.39, 0.29) is 21.2 Å². The van der Waals surface area contributed by atoms with Crippen molar-refractivity contribution >= 4 is 44.9 Å². The van der Waals surface area contributed by atoms with Crippen molar-refractivity contribution in [3.8, 4) is 0 Å². The van der Waals surface area contributed by atoms with Crippen molar-refractivity contribution in [3.05, 3.63) is 58.1 Å². The Morgan fingerprint density at radius 3 is 2.43 bits per heavy atom. The number of aromatic carboxylic acids is 1. The Bertz CT molecular complexity index is 806. The van der Waals surface area contributed by atoms with E-state index in [0.717, 1.165) is 6.07 Å². The normalized spacial score (nSPS) is 11.1. The summed E-state index contributed by atoms with van der Waals surface area (Å²) in [6, 6.07) is 9.31. The maximum absolute atomic E-state index is 12.2. The minimum absolute atomic E-state index is 0.125. The van der Waals surface area contributed by atoms with Crippen LogP contribution in [0.25, 0.3) is 0 Å². The van der Waals surface area contributed by atoms with Gasteiger partial charge in [-0.3, -0.25) is 4.72 Å². The molecule has 21 heavy (non-hydrogen) atoms. The molecule has 2 N–H and O–H groups in total. The minimum Gasteiger partial charge on any atom is -0.478 e. The highest BCUT2D eigenvalue weighted by atomic mass is 35.5. The first-order valence-corrected chi connectivity index (χ1v) is 7.85. The topological polar surface area (TPSA) is 83.5 Å². The maximum Gasteiger partial charge on any atom is 0.335 e. The zero-order valence-corrected chi connectivity index (χ0v) is 12.7. The molecule has 0 aliphatic rings. The zero-order valence-electron chi connectivity index (χ0n) is 10.4. The number of hydrogen-bond acceptors (Lipinski definition) is 3. The number of nitrogens with one attached hydrogen (secondary N) is 1.